The van der Waals surface area contributed by atoms with Gasteiger partial charge in [0.2, 0.25) is 0 Å². The summed E-state index contributed by atoms with van der Waals surface area (Å²) in [5.41, 5.74) is 1.48. The summed E-state index contributed by atoms with van der Waals surface area (Å²) in [4.78, 5) is 0. The van der Waals surface area contributed by atoms with Gasteiger partial charge in [-0.25, -0.2) is 0 Å². The fourth-order valence-electron chi connectivity index (χ4n) is 44.1. The first-order chi connectivity index (χ1) is 69.4. The zero-order valence-corrected chi connectivity index (χ0v) is 99.4. The second-order valence-corrected chi connectivity index (χ2v) is 61.3. The lowest BCUT2D eigenvalue weighted by Crippen LogP contribution is -2.48. The molecule has 0 N–H and O–H groups in total. The van der Waals surface area contributed by atoms with Crippen LogP contribution < -0.4 is 0 Å². The summed E-state index contributed by atoms with van der Waals surface area (Å²) in [6.45, 7) is 56.9. The molecule has 0 aliphatic heterocycles. The predicted octanol–water partition coefficient (Wildman–Crippen LogP) is 34.8. The molecule has 10 heteroatoms. The molecule has 0 spiro atoms. The van der Waals surface area contributed by atoms with E-state index in [1.165, 1.54) is 208 Å². The van der Waals surface area contributed by atoms with Crippen LogP contribution in [0.3, 0.4) is 0 Å². The summed E-state index contributed by atoms with van der Waals surface area (Å²) in [5, 5.41) is 0. The van der Waals surface area contributed by atoms with Crippen LogP contribution in [-0.4, -0.2) is 126 Å². The van der Waals surface area contributed by atoms with E-state index in [-0.39, 0.29) is 0 Å². The summed E-state index contributed by atoms with van der Waals surface area (Å²) in [6.07, 6.45) is 80.9. The fraction of sp³-hybridized carbons (Fsp3) is 1.00. The van der Waals surface area contributed by atoms with Crippen molar-refractivity contribution in [1.82, 2.24) is 0 Å². The van der Waals surface area contributed by atoms with E-state index in [4.69, 9.17) is 47.4 Å². The molecular weight excluding hydrogens is 1780 g/mol. The van der Waals surface area contributed by atoms with Gasteiger partial charge in [-0.1, -0.05) is 52.9 Å². The van der Waals surface area contributed by atoms with E-state index in [9.17, 15) is 0 Å². The van der Waals surface area contributed by atoms with Gasteiger partial charge < -0.3 is 47.4 Å². The molecule has 30 aliphatic carbocycles. The zero-order valence-electron chi connectivity index (χ0n) is 99.4. The van der Waals surface area contributed by atoms with Crippen LogP contribution >= 0.6 is 0 Å². The predicted molar refractivity (Wildman–Crippen MR) is 600 cm³/mol. The minimum Gasteiger partial charge on any atom is -0.382 e. The molecule has 30 aliphatic rings. The normalized spacial score (nSPS) is 47.1. The van der Waals surface area contributed by atoms with Gasteiger partial charge in [0.25, 0.3) is 0 Å². The Labute approximate surface area is 895 Å². The highest BCUT2D eigenvalue weighted by molar-refractivity contribution is 5.15. The maximum atomic E-state index is 6.16. The molecule has 145 heavy (non-hydrogen) atoms. The Bertz CT molecular complexity index is 3730. The third-order valence-corrected chi connectivity index (χ3v) is 48.4. The average molecular weight is 2020 g/mol. The van der Waals surface area contributed by atoms with Crippen molar-refractivity contribution in [3.8, 4) is 0 Å². The van der Waals surface area contributed by atoms with E-state index in [1.54, 1.807) is 161 Å². The third kappa shape index (κ3) is 26.8. The largest absolute Gasteiger partial charge is 0.382 e. The maximum absolute atomic E-state index is 6.16. The quantitative estimate of drug-likeness (QED) is 0.0921. The van der Waals surface area contributed by atoms with E-state index < -0.39 is 0 Å². The van der Waals surface area contributed by atoms with E-state index in [0.717, 1.165) is 216 Å². The van der Waals surface area contributed by atoms with Gasteiger partial charge in [-0.15, -0.1) is 0 Å². The lowest BCUT2D eigenvalue weighted by Gasteiger charge is -2.56. The topological polar surface area (TPSA) is 92.3 Å². The van der Waals surface area contributed by atoms with Gasteiger partial charge in [0.05, 0.1) is 112 Å². The zero-order chi connectivity index (χ0) is 102. The van der Waals surface area contributed by atoms with Crippen molar-refractivity contribution in [3.63, 3.8) is 0 Å². The van der Waals surface area contributed by atoms with Crippen molar-refractivity contribution in [3.05, 3.63) is 0 Å². The van der Waals surface area contributed by atoms with Crippen molar-refractivity contribution in [2.45, 2.75) is 566 Å². The van der Waals surface area contributed by atoms with E-state index in [2.05, 4.69) is 132 Å². The minimum absolute atomic E-state index is 0.371. The maximum Gasteiger partial charge on any atom is 0.0685 e. The van der Waals surface area contributed by atoms with Crippen LogP contribution in [0.5, 0.6) is 0 Å². The van der Waals surface area contributed by atoms with Crippen molar-refractivity contribution in [2.75, 3.05) is 40.1 Å². The molecule has 0 saturated heterocycles. The van der Waals surface area contributed by atoms with Gasteiger partial charge >= 0.3 is 0 Å². The molecule has 0 aromatic carbocycles. The minimum atomic E-state index is 0.371. The molecule has 0 aromatic rings. The van der Waals surface area contributed by atoms with Crippen LogP contribution in [0.15, 0.2) is 0 Å². The SMILES string of the molecule is C1CC2C3CCC(C3)C2C1.C1CC2C3CCC(C3)C2C1.CC(C)OC1C2(C)CCC(C2)C1(C)C.CC(C)OC1CC2CC1C1C3CCC(C3)C21.CC(C)OC1CC2CC1C1CCCC21.CC(C)OC1CC2CCC1C2.CC(C)OCC12CC3CC(CC(C3)C1)C2.CC(C)OCC1CC2CC1C1C3CCC(C3)C21.CC(C)OCC1CC2CC1C1CCCC21.CC(C)OCC1CC2CCC1C2.CCOC(C)C.COC(C)C. The standard InChI is InChI=1S/C16H26O.C15H24O.2C14H24O.C13H22O.C13H24O.C11H20O.C10H18O.2C10H16.C5H12O.C4H10O/c1-9(2)17-8-13-6-12-7-14(13)16-11-4-3-10(5-11)15(12)16;1-8(2)16-13-7-11-6-12(13)15-10-4-3-9(5-10)14(11)15;1-10(2)15-9-14-6-11-3-12(7-14)5-13(4-11)8-14;1-9(2)15-8-11-6-10-7-14(11)13-5-3-4-12(10)13;1-8(2)14-13-7-9-6-12(13)11-5-3-4-10(9)11;1-9(2)14-11-12(3,4)10-6-7-13(11,5)8-10;1-8(2)12-7-11-6-9-3-4-10(11)5-9;1-7(2)11-10-6-8-3-4-9(10)5-8;2*1-2-9-7-4-5-8(6-7)10(9)3-1;1-4-6-5(2)3;1-4(2)5-3/h9-16H,3-8H2,1-2H3;8-15H,3-7H2,1-2H3;10-13H,3-9H2,1-2H3;9-14H,3-8H2,1-2H3;8-13H,3-7H2,1-2H3;9-11H,6-8H2,1-5H3;8-11H,3-7H2,1-2H3;7-10H,3-6H2,1-2H3;2*7-10H,1-6H2;5H,4H2,1-3H3;4H,1-3H3. The Balaban J connectivity index is 0.000000105. The fourth-order valence-corrected chi connectivity index (χ4v) is 44.1. The summed E-state index contributed by atoms with van der Waals surface area (Å²) in [6, 6.07) is 0. The molecule has 41 unspecified atom stereocenters. The molecular formula is C135H236O10. The van der Waals surface area contributed by atoms with Crippen molar-refractivity contribution >= 4 is 0 Å². The summed E-state index contributed by atoms with van der Waals surface area (Å²) in [5.74, 6) is 42.1. The smallest absolute Gasteiger partial charge is 0.0685 e. The summed E-state index contributed by atoms with van der Waals surface area (Å²) in [7, 11) is 1.70. The van der Waals surface area contributed by atoms with Gasteiger partial charge in [0.15, 0.2) is 0 Å². The Morgan fingerprint density at radius 3 is 1.01 bits per heavy atom. The van der Waals surface area contributed by atoms with E-state index >= 15 is 0 Å². The van der Waals surface area contributed by atoms with E-state index in [1.807, 2.05) is 34.6 Å². The first-order valence-electron chi connectivity index (χ1n) is 65.7. The molecule has 0 radical (unpaired) electrons. The highest BCUT2D eigenvalue weighted by atomic mass is 16.5. The molecule has 41 atom stereocenters. The van der Waals surface area contributed by atoms with Crippen LogP contribution in [0, 0.1) is 247 Å². The van der Waals surface area contributed by atoms with Crippen LogP contribution in [0.1, 0.15) is 481 Å². The lowest BCUT2D eigenvalue weighted by molar-refractivity contribution is -0.113. The molecule has 26 bridgehead atoms. The Morgan fingerprint density at radius 2 is 0.593 bits per heavy atom. The first-order valence-corrected chi connectivity index (χ1v) is 65.7. The van der Waals surface area contributed by atoms with Gasteiger partial charge in [0.1, 0.15) is 0 Å². The molecule has 0 amide bonds. The van der Waals surface area contributed by atoms with Gasteiger partial charge in [-0.05, 0) is 675 Å². The molecule has 30 saturated carbocycles. The first kappa shape index (κ1) is 114. The van der Waals surface area contributed by atoms with Crippen LogP contribution in [-0.2, 0) is 47.4 Å². The average Bonchev–Trinajstić information content (AvgIpc) is 1.55. The molecule has 0 aromatic heterocycles. The third-order valence-electron chi connectivity index (χ3n) is 48.4. The highest BCUT2D eigenvalue weighted by Gasteiger charge is 2.66. The van der Waals surface area contributed by atoms with Crippen molar-refractivity contribution < 1.29 is 47.4 Å². The molecule has 30 rings (SSSR count). The van der Waals surface area contributed by atoms with Crippen LogP contribution in [0.2, 0.25) is 0 Å². The molecule has 10 nitrogen and oxygen atoms in total. The Morgan fingerprint density at radius 1 is 0.234 bits per heavy atom. The van der Waals surface area contributed by atoms with Crippen LogP contribution in [0.4, 0.5) is 0 Å². The van der Waals surface area contributed by atoms with Crippen molar-refractivity contribution in [1.29, 1.82) is 0 Å². The highest BCUT2D eigenvalue weighted by Crippen LogP contribution is 2.72. The monoisotopic (exact) mass is 2020 g/mol. The second kappa shape index (κ2) is 50.4. The lowest BCUT2D eigenvalue weighted by atomic mass is 9.50. The molecule has 0 heterocycles. The number of methoxy groups -OCH3 is 1. The second-order valence-electron chi connectivity index (χ2n) is 61.3. The van der Waals surface area contributed by atoms with Gasteiger partial charge in [0, 0.05) is 13.7 Å². The number of hydrogen-bond acceptors (Lipinski definition) is 10. The Hall–Kier alpha value is -0.400. The molecule has 30 fully saturated rings. The molecule has 836 valence electrons. The van der Waals surface area contributed by atoms with Crippen LogP contribution in [0.25, 0.3) is 0 Å². The van der Waals surface area contributed by atoms with Crippen molar-refractivity contribution in [2.24, 2.45) is 247 Å². The number of fused-ring (bicyclic) bond motifs is 44. The summed E-state index contributed by atoms with van der Waals surface area (Å²) < 4.78 is 57.4. The number of hydrogen-bond donors (Lipinski definition) is 0. The Kier molecular flexibility index (Phi) is 39.7. The summed E-state index contributed by atoms with van der Waals surface area (Å²) >= 11 is 0. The number of ether oxygens (including phenoxy) is 10. The van der Waals surface area contributed by atoms with Gasteiger partial charge in [-0.2, -0.15) is 0 Å². The number of rotatable bonds is 23. The van der Waals surface area contributed by atoms with E-state index in [0.29, 0.717) is 102 Å². The van der Waals surface area contributed by atoms with Gasteiger partial charge in [-0.3, -0.25) is 0 Å².